The van der Waals surface area contributed by atoms with E-state index in [-0.39, 0.29) is 0 Å². The third kappa shape index (κ3) is 2.20. The molecule has 12 heavy (non-hydrogen) atoms. The maximum atomic E-state index is 2.22. The average molecular weight is 198 g/mol. The largest absolute Gasteiger partial charge is 0.146 e. The minimum absolute atomic E-state index is 0.589. The number of hydrogen-bond donors (Lipinski definition) is 0. The second kappa shape index (κ2) is 4.83. The number of rotatable bonds is 3. The third-order valence-electron chi connectivity index (χ3n) is 1.87. The van der Waals surface area contributed by atoms with Gasteiger partial charge in [-0.2, -0.15) is 0 Å². The van der Waals surface area contributed by atoms with Gasteiger partial charge in [-0.3, -0.25) is 0 Å². The molecule has 0 fully saturated rings. The van der Waals surface area contributed by atoms with E-state index in [9.17, 15) is 0 Å². The molecule has 1 aromatic carbocycles. The Hall–Kier alpha value is -0.0800. The Morgan fingerprint density at radius 2 is 1.67 bits per heavy atom. The van der Waals surface area contributed by atoms with Gasteiger partial charge in [0.1, 0.15) is 0 Å². The molecule has 0 aliphatic heterocycles. The summed E-state index contributed by atoms with van der Waals surface area (Å²) < 4.78 is 0.589. The van der Waals surface area contributed by atoms with E-state index < -0.39 is 0 Å². The maximum Gasteiger partial charge on any atom is 0.0748 e. The Morgan fingerprint density at radius 1 is 1.08 bits per heavy atom. The van der Waals surface area contributed by atoms with Crippen LogP contribution in [0.15, 0.2) is 24.3 Å². The van der Waals surface area contributed by atoms with E-state index in [4.69, 9.17) is 0 Å². The van der Waals surface area contributed by atoms with Crippen LogP contribution in [-0.4, -0.2) is 12.5 Å². The number of aryl methyl sites for hydroxylation is 1. The van der Waals surface area contributed by atoms with E-state index in [2.05, 4.69) is 43.7 Å². The first-order valence-corrected chi connectivity index (χ1v) is 6.48. The van der Waals surface area contributed by atoms with Crippen LogP contribution in [0.25, 0.3) is 0 Å². The van der Waals surface area contributed by atoms with Crippen LogP contribution < -0.4 is 0 Å². The summed E-state index contributed by atoms with van der Waals surface area (Å²) in [6.07, 6.45) is 4.32. The molecule has 2 heteroatoms. The van der Waals surface area contributed by atoms with Crippen LogP contribution in [0.1, 0.15) is 15.7 Å². The van der Waals surface area contributed by atoms with Crippen LogP contribution in [-0.2, 0) is 0 Å². The Kier molecular flexibility index (Phi) is 4.02. The van der Waals surface area contributed by atoms with E-state index in [0.717, 1.165) is 0 Å². The topological polar surface area (TPSA) is 0 Å². The predicted octanol–water partition coefficient (Wildman–Crippen LogP) is 3.72. The molecule has 0 N–H and O–H groups in total. The molecule has 0 nitrogen and oxygen atoms in total. The molecule has 0 aromatic heterocycles. The summed E-state index contributed by atoms with van der Waals surface area (Å²) in [5, 5.41) is 0. The summed E-state index contributed by atoms with van der Waals surface area (Å²) in [4.78, 5) is 0. The molecule has 0 saturated carbocycles. The van der Waals surface area contributed by atoms with Crippen molar-refractivity contribution in [2.24, 2.45) is 0 Å². The molecule has 0 atom stereocenters. The summed E-state index contributed by atoms with van der Waals surface area (Å²) in [5.41, 5.74) is 2.85. The zero-order chi connectivity index (χ0) is 8.97. The van der Waals surface area contributed by atoms with Crippen molar-refractivity contribution in [3.8, 4) is 0 Å². The molecule has 66 valence electrons. The molecule has 0 radical (unpaired) electrons. The predicted molar refractivity (Wildman–Crippen MR) is 61.0 cm³/mol. The fraction of sp³-hybridized carbons (Fsp3) is 0.400. The quantitative estimate of drug-likeness (QED) is 0.679. The van der Waals surface area contributed by atoms with Gasteiger partial charge in [-0.05, 0) is 30.6 Å². The molecular weight excluding hydrogens is 184 g/mol. The van der Waals surface area contributed by atoms with Crippen molar-refractivity contribution in [1.29, 1.82) is 0 Å². The molecule has 0 spiro atoms. The Balaban J connectivity index is 2.92. The third-order valence-corrected chi connectivity index (χ3v) is 4.39. The molecule has 1 aromatic rings. The van der Waals surface area contributed by atoms with E-state index in [1.807, 2.05) is 23.5 Å². The summed E-state index contributed by atoms with van der Waals surface area (Å²) in [6.45, 7) is 2.18. The number of hydrogen-bond acceptors (Lipinski definition) is 2. The van der Waals surface area contributed by atoms with Gasteiger partial charge in [-0.15, -0.1) is 23.5 Å². The van der Waals surface area contributed by atoms with Crippen LogP contribution in [0.3, 0.4) is 0 Å². The first-order chi connectivity index (χ1) is 5.79. The smallest absolute Gasteiger partial charge is 0.0748 e. The summed E-state index contributed by atoms with van der Waals surface area (Å²) in [6, 6.07) is 8.60. The molecular formula is C10H14S2. The molecule has 0 saturated heterocycles. The van der Waals surface area contributed by atoms with Crippen molar-refractivity contribution < 1.29 is 0 Å². The molecule has 0 heterocycles. The summed E-state index contributed by atoms with van der Waals surface area (Å²) >= 11 is 3.80. The van der Waals surface area contributed by atoms with Crippen molar-refractivity contribution >= 4 is 23.5 Å². The highest BCUT2D eigenvalue weighted by atomic mass is 32.2. The van der Waals surface area contributed by atoms with Gasteiger partial charge in [0.15, 0.2) is 0 Å². The van der Waals surface area contributed by atoms with Crippen LogP contribution in [0.4, 0.5) is 0 Å². The molecule has 0 aliphatic carbocycles. The number of benzene rings is 1. The fourth-order valence-corrected chi connectivity index (χ4v) is 3.01. The van der Waals surface area contributed by atoms with Crippen LogP contribution in [0, 0.1) is 6.92 Å². The molecule has 0 amide bonds. The van der Waals surface area contributed by atoms with Gasteiger partial charge < -0.3 is 0 Å². The van der Waals surface area contributed by atoms with Crippen molar-refractivity contribution in [2.75, 3.05) is 12.5 Å². The van der Waals surface area contributed by atoms with Crippen molar-refractivity contribution in [1.82, 2.24) is 0 Å². The minimum Gasteiger partial charge on any atom is -0.146 e. The highest BCUT2D eigenvalue weighted by Crippen LogP contribution is 2.37. The van der Waals surface area contributed by atoms with E-state index in [1.165, 1.54) is 11.1 Å². The zero-order valence-corrected chi connectivity index (χ0v) is 9.34. The van der Waals surface area contributed by atoms with Gasteiger partial charge in [0.25, 0.3) is 0 Å². The standard InChI is InChI=1S/C10H14S2/c1-8-6-4-5-7-9(8)10(11-2)12-3/h4-7,10H,1-3H3. The summed E-state index contributed by atoms with van der Waals surface area (Å²) in [7, 11) is 0. The van der Waals surface area contributed by atoms with Crippen LogP contribution >= 0.6 is 23.5 Å². The van der Waals surface area contributed by atoms with Gasteiger partial charge >= 0.3 is 0 Å². The lowest BCUT2D eigenvalue weighted by atomic mass is 10.1. The lowest BCUT2D eigenvalue weighted by Gasteiger charge is -2.13. The number of thioether (sulfide) groups is 2. The lowest BCUT2D eigenvalue weighted by molar-refractivity contribution is 1.29. The maximum absolute atomic E-state index is 2.22. The summed E-state index contributed by atoms with van der Waals surface area (Å²) in [5.74, 6) is 0. The van der Waals surface area contributed by atoms with E-state index in [1.54, 1.807) is 0 Å². The molecule has 1 rings (SSSR count). The highest BCUT2D eigenvalue weighted by Gasteiger charge is 2.09. The highest BCUT2D eigenvalue weighted by molar-refractivity contribution is 8.15. The normalized spacial score (nSPS) is 10.7. The van der Waals surface area contributed by atoms with Gasteiger partial charge in [0.05, 0.1) is 4.58 Å². The zero-order valence-electron chi connectivity index (χ0n) is 7.70. The Labute approximate surface area is 83.1 Å². The first-order valence-electron chi connectivity index (χ1n) is 3.90. The monoisotopic (exact) mass is 198 g/mol. The SMILES string of the molecule is CSC(SC)c1ccccc1C. The van der Waals surface area contributed by atoms with Crippen LogP contribution in [0.2, 0.25) is 0 Å². The van der Waals surface area contributed by atoms with Crippen molar-refractivity contribution in [3.05, 3.63) is 35.4 Å². The first kappa shape index (κ1) is 10.0. The Bertz CT molecular complexity index is 241. The Morgan fingerprint density at radius 3 is 2.17 bits per heavy atom. The molecule has 0 aliphatic rings. The van der Waals surface area contributed by atoms with Gasteiger partial charge in [-0.1, -0.05) is 24.3 Å². The van der Waals surface area contributed by atoms with Crippen molar-refractivity contribution in [3.63, 3.8) is 0 Å². The minimum atomic E-state index is 0.589. The fourth-order valence-electron chi connectivity index (χ4n) is 1.20. The second-order valence-corrected chi connectivity index (χ2v) is 4.84. The van der Waals surface area contributed by atoms with Crippen molar-refractivity contribution in [2.45, 2.75) is 11.5 Å². The van der Waals surface area contributed by atoms with E-state index >= 15 is 0 Å². The van der Waals surface area contributed by atoms with E-state index in [0.29, 0.717) is 4.58 Å². The van der Waals surface area contributed by atoms with Gasteiger partial charge in [0.2, 0.25) is 0 Å². The van der Waals surface area contributed by atoms with Gasteiger partial charge in [0, 0.05) is 0 Å². The lowest BCUT2D eigenvalue weighted by Crippen LogP contribution is -1.90. The average Bonchev–Trinajstić information content (AvgIpc) is 2.10. The second-order valence-electron chi connectivity index (χ2n) is 2.66. The van der Waals surface area contributed by atoms with Gasteiger partial charge in [-0.25, -0.2) is 0 Å². The van der Waals surface area contributed by atoms with Crippen LogP contribution in [0.5, 0.6) is 0 Å². The molecule has 0 bridgehead atoms. The molecule has 0 unspecified atom stereocenters.